The first-order valence-corrected chi connectivity index (χ1v) is 4.97. The van der Waals surface area contributed by atoms with Crippen molar-refractivity contribution in [3.63, 3.8) is 0 Å². The number of isocyanates is 1. The van der Waals surface area contributed by atoms with Gasteiger partial charge in [-0.25, -0.2) is 9.79 Å². The molecule has 0 atom stereocenters. The first-order valence-electron chi connectivity index (χ1n) is 4.97. The molecule has 0 aliphatic heterocycles. The standard InChI is InChI=1S/C12H15NO2/c1-10(2)8-15-12-5-3-4-11(6-12)7-13-9-14/h3-6,10H,7-8H2,1-2H3. The highest BCUT2D eigenvalue weighted by Gasteiger charge is 1.98. The average molecular weight is 205 g/mol. The monoisotopic (exact) mass is 205 g/mol. The predicted octanol–water partition coefficient (Wildman–Crippen LogP) is 2.56. The van der Waals surface area contributed by atoms with Crippen LogP contribution in [0.2, 0.25) is 0 Å². The summed E-state index contributed by atoms with van der Waals surface area (Å²) in [6, 6.07) is 7.59. The molecule has 0 unspecified atom stereocenters. The lowest BCUT2D eigenvalue weighted by Crippen LogP contribution is -2.04. The molecule has 1 aromatic carbocycles. The molecule has 0 saturated carbocycles. The molecule has 0 radical (unpaired) electrons. The van der Waals surface area contributed by atoms with Crippen LogP contribution < -0.4 is 4.74 Å². The first-order chi connectivity index (χ1) is 7.22. The lowest BCUT2D eigenvalue weighted by atomic mass is 10.2. The molecular formula is C12H15NO2. The van der Waals surface area contributed by atoms with Gasteiger partial charge in [-0.15, -0.1) is 0 Å². The van der Waals surface area contributed by atoms with Crippen LogP contribution in [-0.4, -0.2) is 12.7 Å². The summed E-state index contributed by atoms with van der Waals surface area (Å²) < 4.78 is 5.55. The van der Waals surface area contributed by atoms with Gasteiger partial charge in [0.2, 0.25) is 6.08 Å². The summed E-state index contributed by atoms with van der Waals surface area (Å²) in [7, 11) is 0. The summed E-state index contributed by atoms with van der Waals surface area (Å²) in [5.41, 5.74) is 0.958. The molecule has 0 saturated heterocycles. The first kappa shape index (κ1) is 11.5. The number of ether oxygens (including phenoxy) is 1. The van der Waals surface area contributed by atoms with Crippen molar-refractivity contribution in [3.8, 4) is 5.75 Å². The molecule has 0 spiro atoms. The second-order valence-corrected chi connectivity index (χ2v) is 3.76. The topological polar surface area (TPSA) is 38.7 Å². The van der Waals surface area contributed by atoms with Crippen molar-refractivity contribution in [2.75, 3.05) is 6.61 Å². The highest BCUT2D eigenvalue weighted by Crippen LogP contribution is 2.14. The molecule has 0 aliphatic carbocycles. The van der Waals surface area contributed by atoms with Gasteiger partial charge in [-0.1, -0.05) is 26.0 Å². The number of nitrogens with zero attached hydrogens (tertiary/aromatic N) is 1. The van der Waals surface area contributed by atoms with E-state index in [2.05, 4.69) is 18.8 Å². The zero-order valence-electron chi connectivity index (χ0n) is 9.06. The van der Waals surface area contributed by atoms with Gasteiger partial charge in [0.05, 0.1) is 13.2 Å². The van der Waals surface area contributed by atoms with E-state index in [1.807, 2.05) is 24.3 Å². The predicted molar refractivity (Wildman–Crippen MR) is 58.6 cm³/mol. The molecule has 0 aromatic heterocycles. The van der Waals surface area contributed by atoms with Crippen molar-refractivity contribution in [1.82, 2.24) is 0 Å². The molecule has 3 nitrogen and oxygen atoms in total. The zero-order chi connectivity index (χ0) is 11.1. The number of hydrogen-bond donors (Lipinski definition) is 0. The molecule has 0 bridgehead atoms. The van der Waals surface area contributed by atoms with Crippen LogP contribution in [0, 0.1) is 5.92 Å². The molecule has 3 heteroatoms. The lowest BCUT2D eigenvalue weighted by molar-refractivity contribution is 0.271. The zero-order valence-corrected chi connectivity index (χ0v) is 9.06. The van der Waals surface area contributed by atoms with E-state index in [-0.39, 0.29) is 0 Å². The van der Waals surface area contributed by atoms with Crippen LogP contribution in [0.15, 0.2) is 29.3 Å². The van der Waals surface area contributed by atoms with Crippen molar-refractivity contribution in [2.24, 2.45) is 10.9 Å². The maximum absolute atomic E-state index is 9.96. The van der Waals surface area contributed by atoms with Gasteiger partial charge in [0.15, 0.2) is 0 Å². The largest absolute Gasteiger partial charge is 0.493 e. The van der Waals surface area contributed by atoms with Crippen molar-refractivity contribution in [3.05, 3.63) is 29.8 Å². The number of aliphatic imine (C=N–C) groups is 1. The van der Waals surface area contributed by atoms with E-state index >= 15 is 0 Å². The van der Waals surface area contributed by atoms with Crippen LogP contribution in [-0.2, 0) is 11.3 Å². The van der Waals surface area contributed by atoms with Gasteiger partial charge in [-0.2, -0.15) is 0 Å². The Bertz CT molecular complexity index is 354. The Kier molecular flexibility index (Phi) is 4.58. The number of carbonyl (C=O) groups excluding carboxylic acids is 1. The second kappa shape index (κ2) is 5.99. The van der Waals surface area contributed by atoms with Gasteiger partial charge in [0.1, 0.15) is 5.75 Å². The number of rotatable bonds is 5. The molecule has 0 amide bonds. The Morgan fingerprint density at radius 3 is 2.93 bits per heavy atom. The summed E-state index contributed by atoms with van der Waals surface area (Å²) in [4.78, 5) is 13.5. The molecule has 1 aromatic rings. The van der Waals surface area contributed by atoms with Crippen LogP contribution in [0.4, 0.5) is 0 Å². The third-order valence-electron chi connectivity index (χ3n) is 1.81. The van der Waals surface area contributed by atoms with Crippen molar-refractivity contribution >= 4 is 6.08 Å². The van der Waals surface area contributed by atoms with Crippen molar-refractivity contribution < 1.29 is 9.53 Å². The maximum Gasteiger partial charge on any atom is 0.235 e. The van der Waals surface area contributed by atoms with E-state index in [9.17, 15) is 4.79 Å². The highest BCUT2D eigenvalue weighted by atomic mass is 16.5. The number of benzene rings is 1. The second-order valence-electron chi connectivity index (χ2n) is 3.76. The van der Waals surface area contributed by atoms with E-state index in [1.165, 1.54) is 6.08 Å². The van der Waals surface area contributed by atoms with E-state index in [0.29, 0.717) is 19.1 Å². The Labute approximate surface area is 89.8 Å². The van der Waals surface area contributed by atoms with Gasteiger partial charge in [0.25, 0.3) is 0 Å². The molecule has 0 N–H and O–H groups in total. The molecule has 80 valence electrons. The third kappa shape index (κ3) is 4.43. The van der Waals surface area contributed by atoms with E-state index < -0.39 is 0 Å². The molecule has 0 heterocycles. The summed E-state index contributed by atoms with van der Waals surface area (Å²) in [6.45, 7) is 5.25. The van der Waals surface area contributed by atoms with E-state index in [1.54, 1.807) is 0 Å². The fourth-order valence-corrected chi connectivity index (χ4v) is 1.12. The molecule has 0 fully saturated rings. The van der Waals surface area contributed by atoms with E-state index in [4.69, 9.17) is 4.74 Å². The molecule has 0 aliphatic rings. The summed E-state index contributed by atoms with van der Waals surface area (Å²) in [6.07, 6.45) is 1.52. The fraction of sp³-hybridized carbons (Fsp3) is 0.417. The van der Waals surface area contributed by atoms with Gasteiger partial charge in [-0.3, -0.25) is 0 Å². The molecular weight excluding hydrogens is 190 g/mol. The third-order valence-corrected chi connectivity index (χ3v) is 1.81. The van der Waals surface area contributed by atoms with Crippen molar-refractivity contribution in [2.45, 2.75) is 20.4 Å². The maximum atomic E-state index is 9.96. The van der Waals surface area contributed by atoms with Gasteiger partial charge < -0.3 is 4.74 Å². The average Bonchev–Trinajstić information content (AvgIpc) is 2.24. The Balaban J connectivity index is 2.61. The van der Waals surface area contributed by atoms with Crippen LogP contribution >= 0.6 is 0 Å². The summed E-state index contributed by atoms with van der Waals surface area (Å²) >= 11 is 0. The summed E-state index contributed by atoms with van der Waals surface area (Å²) in [5, 5.41) is 0. The molecule has 1 rings (SSSR count). The van der Waals surface area contributed by atoms with Crippen LogP contribution in [0.5, 0.6) is 5.75 Å². The van der Waals surface area contributed by atoms with Crippen LogP contribution in [0.3, 0.4) is 0 Å². The van der Waals surface area contributed by atoms with Crippen molar-refractivity contribution in [1.29, 1.82) is 0 Å². The quantitative estimate of drug-likeness (QED) is 0.547. The Hall–Kier alpha value is -1.60. The Morgan fingerprint density at radius 2 is 2.27 bits per heavy atom. The van der Waals surface area contributed by atoms with Gasteiger partial charge >= 0.3 is 0 Å². The summed E-state index contributed by atoms with van der Waals surface area (Å²) in [5.74, 6) is 1.32. The van der Waals surface area contributed by atoms with Gasteiger partial charge in [0, 0.05) is 0 Å². The highest BCUT2D eigenvalue weighted by molar-refractivity contribution is 5.35. The minimum atomic E-state index is 0.363. The molecule has 15 heavy (non-hydrogen) atoms. The van der Waals surface area contributed by atoms with E-state index in [0.717, 1.165) is 11.3 Å². The lowest BCUT2D eigenvalue weighted by Gasteiger charge is -2.09. The number of hydrogen-bond acceptors (Lipinski definition) is 3. The SMILES string of the molecule is CC(C)COc1cccc(CN=C=O)c1. The van der Waals surface area contributed by atoms with Crippen LogP contribution in [0.1, 0.15) is 19.4 Å². The minimum absolute atomic E-state index is 0.363. The normalized spacial score (nSPS) is 9.80. The van der Waals surface area contributed by atoms with Gasteiger partial charge in [-0.05, 0) is 23.6 Å². The van der Waals surface area contributed by atoms with Crippen LogP contribution in [0.25, 0.3) is 0 Å². The fourth-order valence-electron chi connectivity index (χ4n) is 1.12. The Morgan fingerprint density at radius 1 is 1.47 bits per heavy atom. The minimum Gasteiger partial charge on any atom is -0.493 e. The smallest absolute Gasteiger partial charge is 0.235 e.